The molecule has 2 rings (SSSR count). The maximum absolute atomic E-state index is 11.6. The average Bonchev–Trinajstić information content (AvgIpc) is 2.77. The second-order valence-electron chi connectivity index (χ2n) is 4.56. The van der Waals surface area contributed by atoms with E-state index in [4.69, 9.17) is 4.74 Å². The zero-order valence-electron chi connectivity index (χ0n) is 12.1. The van der Waals surface area contributed by atoms with Gasteiger partial charge in [-0.1, -0.05) is 30.3 Å². The van der Waals surface area contributed by atoms with Crippen molar-refractivity contribution in [2.75, 3.05) is 6.61 Å². The number of aromatic carboxylic acids is 1. The van der Waals surface area contributed by atoms with Crippen LogP contribution < -0.4 is 0 Å². The Hall–Kier alpha value is -2.56. The molecule has 1 aromatic carbocycles. The van der Waals surface area contributed by atoms with Crippen molar-refractivity contribution in [3.63, 3.8) is 0 Å². The zero-order chi connectivity index (χ0) is 15.2. The number of carboxylic acids is 1. The number of hydrogen-bond donors (Lipinski definition) is 1. The van der Waals surface area contributed by atoms with E-state index in [-0.39, 0.29) is 5.56 Å². The SMILES string of the molecule is CCOC=Cc1nn(C)c(Cc2ccccc2)c1C(=O)O. The van der Waals surface area contributed by atoms with Gasteiger partial charge in [0.05, 0.1) is 18.6 Å². The van der Waals surface area contributed by atoms with Crippen LogP contribution in [0.4, 0.5) is 0 Å². The minimum atomic E-state index is -0.981. The van der Waals surface area contributed by atoms with Gasteiger partial charge in [-0.05, 0) is 12.5 Å². The third kappa shape index (κ3) is 3.51. The van der Waals surface area contributed by atoms with Gasteiger partial charge >= 0.3 is 5.97 Å². The van der Waals surface area contributed by atoms with Crippen LogP contribution in [0.1, 0.15) is 34.2 Å². The van der Waals surface area contributed by atoms with E-state index in [2.05, 4.69) is 5.10 Å². The molecule has 2 aromatic rings. The summed E-state index contributed by atoms with van der Waals surface area (Å²) in [5.41, 5.74) is 2.34. The van der Waals surface area contributed by atoms with Crippen molar-refractivity contribution in [1.82, 2.24) is 9.78 Å². The molecule has 0 bridgehead atoms. The number of benzene rings is 1. The highest BCUT2D eigenvalue weighted by molar-refractivity contribution is 5.92. The molecule has 0 saturated carbocycles. The molecule has 0 unspecified atom stereocenters. The van der Waals surface area contributed by atoms with E-state index < -0.39 is 5.97 Å². The number of rotatable bonds is 6. The molecule has 1 aromatic heterocycles. The molecular formula is C16H18N2O3. The molecule has 1 N–H and O–H groups in total. The quantitative estimate of drug-likeness (QED) is 0.829. The van der Waals surface area contributed by atoms with Gasteiger partial charge in [-0.25, -0.2) is 4.79 Å². The summed E-state index contributed by atoms with van der Waals surface area (Å²) < 4.78 is 6.73. The fraction of sp³-hybridized carbons (Fsp3) is 0.250. The highest BCUT2D eigenvalue weighted by Gasteiger charge is 2.20. The standard InChI is InChI=1S/C16H18N2O3/c1-3-21-10-9-13-15(16(19)20)14(18(2)17-13)11-12-7-5-4-6-8-12/h4-10H,3,11H2,1-2H3,(H,19,20). The highest BCUT2D eigenvalue weighted by atomic mass is 16.5. The Morgan fingerprint density at radius 1 is 1.38 bits per heavy atom. The molecule has 0 saturated heterocycles. The van der Waals surface area contributed by atoms with Crippen molar-refractivity contribution >= 4 is 12.0 Å². The normalized spacial score (nSPS) is 11.0. The zero-order valence-corrected chi connectivity index (χ0v) is 12.1. The van der Waals surface area contributed by atoms with Crippen LogP contribution in [0.25, 0.3) is 6.08 Å². The summed E-state index contributed by atoms with van der Waals surface area (Å²) in [5.74, 6) is -0.981. The summed E-state index contributed by atoms with van der Waals surface area (Å²) >= 11 is 0. The molecule has 0 aliphatic heterocycles. The second kappa shape index (κ2) is 6.74. The summed E-state index contributed by atoms with van der Waals surface area (Å²) in [6, 6.07) is 9.73. The van der Waals surface area contributed by atoms with Crippen molar-refractivity contribution in [2.24, 2.45) is 7.05 Å². The third-order valence-electron chi connectivity index (χ3n) is 3.11. The van der Waals surface area contributed by atoms with E-state index in [1.54, 1.807) is 17.8 Å². The molecule has 0 spiro atoms. The van der Waals surface area contributed by atoms with Crippen LogP contribution in [-0.2, 0) is 18.2 Å². The molecule has 5 heteroatoms. The lowest BCUT2D eigenvalue weighted by atomic mass is 10.0. The number of aromatic nitrogens is 2. The largest absolute Gasteiger partial charge is 0.501 e. The number of ether oxygens (including phenoxy) is 1. The summed E-state index contributed by atoms with van der Waals surface area (Å²) in [7, 11) is 1.75. The molecule has 0 aliphatic carbocycles. The van der Waals surface area contributed by atoms with E-state index in [0.29, 0.717) is 24.4 Å². The van der Waals surface area contributed by atoms with Crippen LogP contribution in [0, 0.1) is 0 Å². The second-order valence-corrected chi connectivity index (χ2v) is 4.56. The van der Waals surface area contributed by atoms with Crippen LogP contribution in [0.5, 0.6) is 0 Å². The average molecular weight is 286 g/mol. The van der Waals surface area contributed by atoms with Crippen molar-refractivity contribution in [3.05, 3.63) is 59.1 Å². The first-order valence-electron chi connectivity index (χ1n) is 6.74. The topological polar surface area (TPSA) is 64.4 Å². The van der Waals surface area contributed by atoms with Gasteiger partial charge in [-0.15, -0.1) is 0 Å². The Morgan fingerprint density at radius 2 is 2.10 bits per heavy atom. The van der Waals surface area contributed by atoms with E-state index >= 15 is 0 Å². The minimum absolute atomic E-state index is 0.220. The monoisotopic (exact) mass is 286 g/mol. The van der Waals surface area contributed by atoms with Gasteiger partial charge in [0.1, 0.15) is 11.3 Å². The van der Waals surface area contributed by atoms with E-state index in [1.165, 1.54) is 6.26 Å². The molecule has 0 atom stereocenters. The van der Waals surface area contributed by atoms with Gasteiger partial charge in [0, 0.05) is 19.5 Å². The molecular weight excluding hydrogens is 268 g/mol. The smallest absolute Gasteiger partial charge is 0.339 e. The maximum Gasteiger partial charge on any atom is 0.339 e. The van der Waals surface area contributed by atoms with E-state index in [1.807, 2.05) is 37.3 Å². The number of carbonyl (C=O) groups is 1. The van der Waals surface area contributed by atoms with Crippen LogP contribution in [0.2, 0.25) is 0 Å². The van der Waals surface area contributed by atoms with Crippen LogP contribution in [-0.4, -0.2) is 27.5 Å². The number of aryl methyl sites for hydroxylation is 1. The highest BCUT2D eigenvalue weighted by Crippen LogP contribution is 2.19. The number of carboxylic acid groups (broad SMARTS) is 1. The van der Waals surface area contributed by atoms with Gasteiger partial charge in [0.15, 0.2) is 0 Å². The molecule has 110 valence electrons. The summed E-state index contributed by atoms with van der Waals surface area (Å²) in [6.45, 7) is 2.39. The fourth-order valence-corrected chi connectivity index (χ4v) is 2.13. The molecule has 0 amide bonds. The Kier molecular flexibility index (Phi) is 4.77. The lowest BCUT2D eigenvalue weighted by Gasteiger charge is -2.04. The van der Waals surface area contributed by atoms with E-state index in [0.717, 1.165) is 5.56 Å². The van der Waals surface area contributed by atoms with Crippen LogP contribution in [0.15, 0.2) is 36.6 Å². The number of hydrogen-bond acceptors (Lipinski definition) is 3. The molecule has 21 heavy (non-hydrogen) atoms. The van der Waals surface area contributed by atoms with Crippen LogP contribution in [0.3, 0.4) is 0 Å². The molecule has 0 radical (unpaired) electrons. The Balaban J connectivity index is 2.38. The Bertz CT molecular complexity index is 645. The molecule has 1 heterocycles. The summed E-state index contributed by atoms with van der Waals surface area (Å²) in [4.78, 5) is 11.6. The third-order valence-corrected chi connectivity index (χ3v) is 3.11. The predicted molar refractivity (Wildman–Crippen MR) is 80.1 cm³/mol. The first kappa shape index (κ1) is 14.8. The minimum Gasteiger partial charge on any atom is -0.501 e. The lowest BCUT2D eigenvalue weighted by molar-refractivity contribution is 0.0695. The van der Waals surface area contributed by atoms with Gasteiger partial charge in [-0.2, -0.15) is 5.10 Å². The Morgan fingerprint density at radius 3 is 2.71 bits per heavy atom. The summed E-state index contributed by atoms with van der Waals surface area (Å²) in [6.07, 6.45) is 3.58. The van der Waals surface area contributed by atoms with Gasteiger partial charge in [0.2, 0.25) is 0 Å². The van der Waals surface area contributed by atoms with Crippen molar-refractivity contribution in [3.8, 4) is 0 Å². The van der Waals surface area contributed by atoms with Gasteiger partial charge < -0.3 is 9.84 Å². The first-order valence-corrected chi connectivity index (χ1v) is 6.74. The summed E-state index contributed by atoms with van der Waals surface area (Å²) in [5, 5.41) is 13.7. The number of nitrogens with zero attached hydrogens (tertiary/aromatic N) is 2. The van der Waals surface area contributed by atoms with Crippen LogP contribution >= 0.6 is 0 Å². The molecule has 0 aliphatic rings. The van der Waals surface area contributed by atoms with Gasteiger partial charge in [-0.3, -0.25) is 4.68 Å². The van der Waals surface area contributed by atoms with Crippen molar-refractivity contribution in [1.29, 1.82) is 0 Å². The maximum atomic E-state index is 11.6. The fourth-order valence-electron chi connectivity index (χ4n) is 2.13. The Labute approximate surface area is 123 Å². The van der Waals surface area contributed by atoms with E-state index in [9.17, 15) is 9.90 Å². The molecule has 0 fully saturated rings. The molecule has 5 nitrogen and oxygen atoms in total. The van der Waals surface area contributed by atoms with Gasteiger partial charge in [0.25, 0.3) is 0 Å². The van der Waals surface area contributed by atoms with Crippen molar-refractivity contribution in [2.45, 2.75) is 13.3 Å². The van der Waals surface area contributed by atoms with Crippen molar-refractivity contribution < 1.29 is 14.6 Å². The predicted octanol–water partition coefficient (Wildman–Crippen LogP) is 2.72. The lowest BCUT2D eigenvalue weighted by Crippen LogP contribution is -2.06. The first-order chi connectivity index (χ1) is 10.1.